The second-order valence-corrected chi connectivity index (χ2v) is 7.83. The molecule has 2 aliphatic rings. The SMILES string of the molecule is COc1c(-c2ccc3c(c2)OCO3)oc2cc(O[C@H]3O[C@@H](CO)[C@H](O)[C@@H](O)[C@@H]3O)ccc2c1=O. The quantitative estimate of drug-likeness (QED) is 0.405. The van der Waals surface area contributed by atoms with E-state index in [1.54, 1.807) is 18.2 Å². The second kappa shape index (κ2) is 8.78. The highest BCUT2D eigenvalue weighted by atomic mass is 16.7. The van der Waals surface area contributed by atoms with Crippen LogP contribution in [-0.4, -0.2) is 71.6 Å². The van der Waals surface area contributed by atoms with Crippen molar-refractivity contribution in [1.82, 2.24) is 0 Å². The van der Waals surface area contributed by atoms with E-state index in [9.17, 15) is 25.2 Å². The van der Waals surface area contributed by atoms with Gasteiger partial charge in [-0.05, 0) is 30.3 Å². The molecule has 2 aromatic carbocycles. The normalized spacial score (nSPS) is 26.0. The van der Waals surface area contributed by atoms with Gasteiger partial charge in [-0.2, -0.15) is 0 Å². The highest BCUT2D eigenvalue weighted by molar-refractivity contribution is 5.83. The minimum Gasteiger partial charge on any atom is -0.490 e. The van der Waals surface area contributed by atoms with Gasteiger partial charge in [0, 0.05) is 11.6 Å². The Bertz CT molecular complexity index is 1270. The van der Waals surface area contributed by atoms with Gasteiger partial charge in [0.25, 0.3) is 0 Å². The average molecular weight is 474 g/mol. The molecule has 34 heavy (non-hydrogen) atoms. The molecular weight excluding hydrogens is 452 g/mol. The standard InChI is InChI=1S/C23H22O11/c1-29-22-17(25)12-4-3-11(32-23-20(28)19(27)18(26)16(8-24)34-23)7-14(12)33-21(22)10-2-5-13-15(6-10)31-9-30-13/h2-7,16,18-20,23-24,26-28H,8-9H2,1H3/t16-,18-,19+,20-,23-/m0/s1. The molecule has 1 saturated heterocycles. The molecule has 0 unspecified atom stereocenters. The fourth-order valence-electron chi connectivity index (χ4n) is 3.94. The first-order valence-electron chi connectivity index (χ1n) is 10.4. The summed E-state index contributed by atoms with van der Waals surface area (Å²) in [4.78, 5) is 13.1. The van der Waals surface area contributed by atoms with E-state index < -0.39 is 42.7 Å². The van der Waals surface area contributed by atoms with Gasteiger partial charge in [-0.1, -0.05) is 0 Å². The van der Waals surface area contributed by atoms with Gasteiger partial charge in [0.15, 0.2) is 17.3 Å². The Hall–Kier alpha value is -3.35. The number of ether oxygens (including phenoxy) is 5. The second-order valence-electron chi connectivity index (χ2n) is 7.83. The lowest BCUT2D eigenvalue weighted by molar-refractivity contribution is -0.277. The Labute approximate surface area is 192 Å². The molecule has 11 heteroatoms. The summed E-state index contributed by atoms with van der Waals surface area (Å²) in [6.07, 6.45) is -7.18. The van der Waals surface area contributed by atoms with Crippen molar-refractivity contribution in [3.63, 3.8) is 0 Å². The van der Waals surface area contributed by atoms with Crippen LogP contribution in [0.15, 0.2) is 45.6 Å². The molecule has 5 rings (SSSR count). The zero-order valence-corrected chi connectivity index (χ0v) is 17.9. The average Bonchev–Trinajstić information content (AvgIpc) is 3.32. The molecule has 1 aromatic heterocycles. The van der Waals surface area contributed by atoms with Crippen molar-refractivity contribution < 1.29 is 48.5 Å². The van der Waals surface area contributed by atoms with Crippen LogP contribution in [0.4, 0.5) is 0 Å². The van der Waals surface area contributed by atoms with Crippen molar-refractivity contribution in [2.45, 2.75) is 30.7 Å². The van der Waals surface area contributed by atoms with Gasteiger partial charge in [0.2, 0.25) is 24.3 Å². The van der Waals surface area contributed by atoms with Crippen LogP contribution in [0.3, 0.4) is 0 Å². The fraction of sp³-hybridized carbons (Fsp3) is 0.348. The van der Waals surface area contributed by atoms with Crippen molar-refractivity contribution in [2.24, 2.45) is 0 Å². The maximum atomic E-state index is 13.1. The number of benzene rings is 2. The molecule has 180 valence electrons. The lowest BCUT2D eigenvalue weighted by Gasteiger charge is -2.39. The van der Waals surface area contributed by atoms with Crippen molar-refractivity contribution in [2.75, 3.05) is 20.5 Å². The van der Waals surface area contributed by atoms with E-state index >= 15 is 0 Å². The van der Waals surface area contributed by atoms with Crippen molar-refractivity contribution in [1.29, 1.82) is 0 Å². The van der Waals surface area contributed by atoms with Gasteiger partial charge >= 0.3 is 0 Å². The van der Waals surface area contributed by atoms with E-state index in [4.69, 9.17) is 28.1 Å². The molecule has 0 amide bonds. The van der Waals surface area contributed by atoms with Crippen molar-refractivity contribution >= 4 is 11.0 Å². The Balaban J connectivity index is 1.52. The van der Waals surface area contributed by atoms with Gasteiger partial charge in [0.05, 0.1) is 19.1 Å². The predicted octanol–water partition coefficient (Wildman–Crippen LogP) is 0.376. The highest BCUT2D eigenvalue weighted by Gasteiger charge is 2.44. The summed E-state index contributed by atoms with van der Waals surface area (Å²) in [7, 11) is 1.37. The molecule has 11 nitrogen and oxygen atoms in total. The van der Waals surface area contributed by atoms with E-state index in [0.717, 1.165) is 0 Å². The van der Waals surface area contributed by atoms with Crippen LogP contribution < -0.4 is 24.4 Å². The summed E-state index contributed by atoms with van der Waals surface area (Å²) < 4.78 is 33.1. The first-order chi connectivity index (χ1) is 16.4. The molecule has 4 N–H and O–H groups in total. The fourth-order valence-corrected chi connectivity index (χ4v) is 3.94. The third-order valence-corrected chi connectivity index (χ3v) is 5.76. The Morgan fingerprint density at radius 3 is 2.56 bits per heavy atom. The van der Waals surface area contributed by atoms with Gasteiger partial charge in [-0.15, -0.1) is 0 Å². The van der Waals surface area contributed by atoms with E-state index in [1.165, 1.54) is 25.3 Å². The van der Waals surface area contributed by atoms with E-state index in [1.807, 2.05) is 0 Å². The number of rotatable bonds is 5. The molecule has 0 saturated carbocycles. The zero-order valence-electron chi connectivity index (χ0n) is 17.9. The highest BCUT2D eigenvalue weighted by Crippen LogP contribution is 2.39. The number of aliphatic hydroxyl groups is 4. The summed E-state index contributed by atoms with van der Waals surface area (Å²) in [5, 5.41) is 39.7. The van der Waals surface area contributed by atoms with Crippen LogP contribution in [0.1, 0.15) is 0 Å². The number of hydrogen-bond acceptors (Lipinski definition) is 11. The molecule has 3 heterocycles. The van der Waals surface area contributed by atoms with Crippen LogP contribution in [0.5, 0.6) is 23.0 Å². The summed E-state index contributed by atoms with van der Waals surface area (Å²) >= 11 is 0. The number of hydrogen-bond donors (Lipinski definition) is 4. The maximum Gasteiger partial charge on any atom is 0.235 e. The monoisotopic (exact) mass is 474 g/mol. The number of fused-ring (bicyclic) bond motifs is 2. The van der Waals surface area contributed by atoms with Crippen LogP contribution in [-0.2, 0) is 4.74 Å². The van der Waals surface area contributed by atoms with Crippen LogP contribution >= 0.6 is 0 Å². The molecule has 2 aliphatic heterocycles. The minimum atomic E-state index is -1.59. The summed E-state index contributed by atoms with van der Waals surface area (Å²) in [5.41, 5.74) is 0.289. The summed E-state index contributed by atoms with van der Waals surface area (Å²) in [5.74, 6) is 1.40. The van der Waals surface area contributed by atoms with Crippen LogP contribution in [0.25, 0.3) is 22.3 Å². The molecule has 0 spiro atoms. The minimum absolute atomic E-state index is 0.00830. The van der Waals surface area contributed by atoms with Gasteiger partial charge in [-0.25, -0.2) is 0 Å². The third kappa shape index (κ3) is 3.73. The molecule has 0 aliphatic carbocycles. The van der Waals surface area contributed by atoms with Crippen molar-refractivity contribution in [3.8, 4) is 34.3 Å². The predicted molar refractivity (Wildman–Crippen MR) is 115 cm³/mol. The maximum absolute atomic E-state index is 13.1. The van der Waals surface area contributed by atoms with E-state index in [2.05, 4.69) is 0 Å². The molecular formula is C23H22O11. The smallest absolute Gasteiger partial charge is 0.235 e. The summed E-state index contributed by atoms with van der Waals surface area (Å²) in [6.45, 7) is -0.494. The topological polar surface area (TPSA) is 157 Å². The van der Waals surface area contributed by atoms with Crippen molar-refractivity contribution in [3.05, 3.63) is 46.6 Å². The van der Waals surface area contributed by atoms with E-state index in [0.29, 0.717) is 17.1 Å². The number of methoxy groups -OCH3 is 1. The zero-order chi connectivity index (χ0) is 24.0. The summed E-state index contributed by atoms with van der Waals surface area (Å²) in [6, 6.07) is 9.42. The third-order valence-electron chi connectivity index (χ3n) is 5.76. The van der Waals surface area contributed by atoms with E-state index in [-0.39, 0.29) is 35.0 Å². The lowest BCUT2D eigenvalue weighted by Crippen LogP contribution is -2.60. The van der Waals surface area contributed by atoms with Gasteiger partial charge in [-0.3, -0.25) is 4.79 Å². The molecule has 3 aromatic rings. The first kappa shape index (κ1) is 22.4. The van der Waals surface area contributed by atoms with Gasteiger partial charge in [0.1, 0.15) is 35.7 Å². The molecule has 0 bridgehead atoms. The Kier molecular flexibility index (Phi) is 5.80. The van der Waals surface area contributed by atoms with Crippen LogP contribution in [0.2, 0.25) is 0 Å². The van der Waals surface area contributed by atoms with Crippen LogP contribution in [0, 0.1) is 0 Å². The largest absolute Gasteiger partial charge is 0.490 e. The number of aliphatic hydroxyl groups excluding tert-OH is 4. The Morgan fingerprint density at radius 1 is 1.00 bits per heavy atom. The Morgan fingerprint density at radius 2 is 1.79 bits per heavy atom. The first-order valence-corrected chi connectivity index (χ1v) is 10.4. The lowest BCUT2D eigenvalue weighted by atomic mass is 9.99. The molecule has 5 atom stereocenters. The molecule has 1 fully saturated rings. The molecule has 0 radical (unpaired) electrons. The van der Waals surface area contributed by atoms with Gasteiger partial charge < -0.3 is 48.5 Å².